The van der Waals surface area contributed by atoms with Gasteiger partial charge in [-0.1, -0.05) is 6.92 Å². The van der Waals surface area contributed by atoms with E-state index < -0.39 is 21.8 Å². The predicted octanol–water partition coefficient (Wildman–Crippen LogP) is 0.545. The van der Waals surface area contributed by atoms with E-state index in [1.165, 1.54) is 13.0 Å². The van der Waals surface area contributed by atoms with Crippen molar-refractivity contribution in [3.63, 3.8) is 0 Å². The van der Waals surface area contributed by atoms with Crippen molar-refractivity contribution in [3.8, 4) is 0 Å². The monoisotopic (exact) mass is 273 g/mol. The van der Waals surface area contributed by atoms with Gasteiger partial charge in [-0.05, 0) is 13.3 Å². The number of rotatable bonds is 6. The molecular weight excluding hydrogens is 258 g/mol. The van der Waals surface area contributed by atoms with Gasteiger partial charge < -0.3 is 10.4 Å². The molecule has 7 nitrogen and oxygen atoms in total. The van der Waals surface area contributed by atoms with Crippen LogP contribution in [0.5, 0.6) is 0 Å². The Labute approximate surface area is 105 Å². The van der Waals surface area contributed by atoms with E-state index in [2.05, 4.69) is 15.3 Å². The topological polar surface area (TPSA) is 109 Å². The second kappa shape index (κ2) is 5.76. The third kappa shape index (κ3) is 3.66. The Balaban J connectivity index is 2.96. The van der Waals surface area contributed by atoms with Crippen molar-refractivity contribution in [2.24, 2.45) is 0 Å². The Hall–Kier alpha value is -1.70. The van der Waals surface area contributed by atoms with Gasteiger partial charge in [0.05, 0.1) is 5.75 Å². The maximum atomic E-state index is 11.8. The van der Waals surface area contributed by atoms with E-state index in [0.717, 1.165) is 6.33 Å². The second-order valence-electron chi connectivity index (χ2n) is 3.76. The highest BCUT2D eigenvalue weighted by molar-refractivity contribution is 7.91. The molecule has 8 heteroatoms. The van der Waals surface area contributed by atoms with Gasteiger partial charge in [0, 0.05) is 6.07 Å². The molecule has 1 heterocycles. The molecule has 18 heavy (non-hydrogen) atoms. The molecule has 0 amide bonds. The first-order valence-corrected chi connectivity index (χ1v) is 7.06. The number of aromatic nitrogens is 2. The van der Waals surface area contributed by atoms with Gasteiger partial charge in [-0.25, -0.2) is 18.4 Å². The van der Waals surface area contributed by atoms with Crippen molar-refractivity contribution in [2.45, 2.75) is 31.3 Å². The highest BCUT2D eigenvalue weighted by atomic mass is 32.2. The smallest absolute Gasteiger partial charge is 0.325 e. The molecule has 1 unspecified atom stereocenters. The van der Waals surface area contributed by atoms with Crippen molar-refractivity contribution in [1.82, 2.24) is 9.97 Å². The number of carboxylic acid groups (broad SMARTS) is 1. The number of hydrogen-bond donors (Lipinski definition) is 2. The molecule has 0 aliphatic heterocycles. The zero-order valence-corrected chi connectivity index (χ0v) is 10.9. The van der Waals surface area contributed by atoms with Crippen LogP contribution in [-0.2, 0) is 14.6 Å². The lowest BCUT2D eigenvalue weighted by molar-refractivity contribution is -0.137. The van der Waals surface area contributed by atoms with Crippen LogP contribution in [0.3, 0.4) is 0 Å². The van der Waals surface area contributed by atoms with Crippen molar-refractivity contribution in [1.29, 1.82) is 0 Å². The number of sulfone groups is 1. The van der Waals surface area contributed by atoms with Crippen LogP contribution in [0.4, 0.5) is 5.82 Å². The van der Waals surface area contributed by atoms with Crippen molar-refractivity contribution in [3.05, 3.63) is 12.4 Å². The lowest BCUT2D eigenvalue weighted by Crippen LogP contribution is -2.26. The van der Waals surface area contributed by atoms with Gasteiger partial charge in [0.25, 0.3) is 0 Å². The summed E-state index contributed by atoms with van der Waals surface area (Å²) in [6, 6.07) is 0.381. The summed E-state index contributed by atoms with van der Waals surface area (Å²) in [4.78, 5) is 18.1. The normalized spacial score (nSPS) is 13.0. The fraction of sp³-hybridized carbons (Fsp3) is 0.500. The summed E-state index contributed by atoms with van der Waals surface area (Å²) in [5.41, 5.74) is 0. The average molecular weight is 273 g/mol. The van der Waals surface area contributed by atoms with Crippen LogP contribution in [-0.4, -0.2) is 41.3 Å². The minimum absolute atomic E-state index is 0.00205. The minimum Gasteiger partial charge on any atom is -0.480 e. The van der Waals surface area contributed by atoms with E-state index >= 15 is 0 Å². The third-order valence-corrected chi connectivity index (χ3v) is 3.97. The molecule has 0 bridgehead atoms. The van der Waals surface area contributed by atoms with Crippen molar-refractivity contribution in [2.75, 3.05) is 11.1 Å². The standard InChI is InChI=1S/C10H15N3O4S/c1-3-4-18(16,17)9-5-8(11-6-12-9)13-7(2)10(14)15/h5-7H,3-4H2,1-2H3,(H,14,15)(H,11,12,13). The molecule has 0 aromatic carbocycles. The Kier molecular flexibility index (Phi) is 4.60. The summed E-state index contributed by atoms with van der Waals surface area (Å²) in [5.74, 6) is -0.876. The number of carboxylic acids is 1. The summed E-state index contributed by atoms with van der Waals surface area (Å²) in [5, 5.41) is 11.2. The zero-order valence-electron chi connectivity index (χ0n) is 10.1. The lowest BCUT2D eigenvalue weighted by Gasteiger charge is -2.10. The lowest BCUT2D eigenvalue weighted by atomic mass is 10.3. The number of nitrogens with zero attached hydrogens (tertiary/aromatic N) is 2. The van der Waals surface area contributed by atoms with Gasteiger partial charge in [-0.15, -0.1) is 0 Å². The number of aliphatic carboxylic acids is 1. The predicted molar refractivity (Wildman–Crippen MR) is 65.1 cm³/mol. The first-order chi connectivity index (χ1) is 8.36. The van der Waals surface area contributed by atoms with Gasteiger partial charge in [0.15, 0.2) is 14.9 Å². The quantitative estimate of drug-likeness (QED) is 0.728. The van der Waals surface area contributed by atoms with Crippen LogP contribution in [0.2, 0.25) is 0 Å². The van der Waals surface area contributed by atoms with Gasteiger partial charge in [-0.3, -0.25) is 4.79 Å². The van der Waals surface area contributed by atoms with E-state index in [4.69, 9.17) is 5.11 Å². The molecule has 0 radical (unpaired) electrons. The largest absolute Gasteiger partial charge is 0.480 e. The van der Waals surface area contributed by atoms with Gasteiger partial charge in [0.2, 0.25) is 0 Å². The maximum absolute atomic E-state index is 11.8. The van der Waals surface area contributed by atoms with Crippen LogP contribution >= 0.6 is 0 Å². The summed E-state index contributed by atoms with van der Waals surface area (Å²) < 4.78 is 23.5. The van der Waals surface area contributed by atoms with Crippen molar-refractivity contribution < 1.29 is 18.3 Å². The Morgan fingerprint density at radius 1 is 1.50 bits per heavy atom. The van der Waals surface area contributed by atoms with Gasteiger partial charge >= 0.3 is 5.97 Å². The first-order valence-electron chi connectivity index (χ1n) is 5.41. The number of hydrogen-bond acceptors (Lipinski definition) is 6. The number of carbonyl (C=O) groups is 1. The van der Waals surface area contributed by atoms with E-state index in [0.29, 0.717) is 6.42 Å². The van der Waals surface area contributed by atoms with Crippen molar-refractivity contribution >= 4 is 21.6 Å². The van der Waals surface area contributed by atoms with Crippen LogP contribution < -0.4 is 5.32 Å². The van der Waals surface area contributed by atoms with E-state index in [-0.39, 0.29) is 16.6 Å². The van der Waals surface area contributed by atoms with Crippen LogP contribution in [0.15, 0.2) is 17.4 Å². The average Bonchev–Trinajstić information content (AvgIpc) is 2.29. The molecule has 1 aromatic heterocycles. The van der Waals surface area contributed by atoms with Crippen LogP contribution in [0.25, 0.3) is 0 Å². The zero-order chi connectivity index (χ0) is 13.8. The summed E-state index contributed by atoms with van der Waals surface area (Å²) in [6.07, 6.45) is 1.58. The van der Waals surface area contributed by atoms with E-state index in [9.17, 15) is 13.2 Å². The SMILES string of the molecule is CCCS(=O)(=O)c1cc(NC(C)C(=O)O)ncn1. The molecule has 0 saturated heterocycles. The fourth-order valence-electron chi connectivity index (χ4n) is 1.25. The first kappa shape index (κ1) is 14.4. The second-order valence-corrected chi connectivity index (χ2v) is 5.82. The molecule has 1 aromatic rings. The highest BCUT2D eigenvalue weighted by Crippen LogP contribution is 2.13. The van der Waals surface area contributed by atoms with Gasteiger partial charge in [0.1, 0.15) is 18.2 Å². The summed E-state index contributed by atoms with van der Waals surface area (Å²) >= 11 is 0. The molecule has 1 rings (SSSR count). The fourth-order valence-corrected chi connectivity index (χ4v) is 2.49. The van der Waals surface area contributed by atoms with E-state index in [1.54, 1.807) is 6.92 Å². The summed E-state index contributed by atoms with van der Waals surface area (Å²) in [6.45, 7) is 3.19. The molecule has 2 N–H and O–H groups in total. The molecule has 0 saturated carbocycles. The maximum Gasteiger partial charge on any atom is 0.325 e. The van der Waals surface area contributed by atoms with Gasteiger partial charge in [-0.2, -0.15) is 0 Å². The molecule has 0 fully saturated rings. The van der Waals surface area contributed by atoms with E-state index in [1.807, 2.05) is 0 Å². The molecule has 100 valence electrons. The molecule has 0 aliphatic rings. The molecular formula is C10H15N3O4S. The molecule has 1 atom stereocenters. The molecule has 0 aliphatic carbocycles. The summed E-state index contributed by atoms with van der Waals surface area (Å²) in [7, 11) is -3.43. The highest BCUT2D eigenvalue weighted by Gasteiger charge is 2.17. The Bertz CT molecular complexity index is 530. The molecule has 0 spiro atoms. The Morgan fingerprint density at radius 2 is 2.17 bits per heavy atom. The number of nitrogens with one attached hydrogen (secondary N) is 1. The minimum atomic E-state index is -3.43. The number of anilines is 1. The third-order valence-electron chi connectivity index (χ3n) is 2.17. The van der Waals surface area contributed by atoms with Crippen LogP contribution in [0.1, 0.15) is 20.3 Å². The van der Waals surface area contributed by atoms with Crippen LogP contribution in [0, 0.1) is 0 Å². The Morgan fingerprint density at radius 3 is 2.72 bits per heavy atom.